The molecule has 1 aromatic rings. The molecule has 104 valence electrons. The van der Waals surface area contributed by atoms with E-state index in [1.54, 1.807) is 0 Å². The molecule has 0 aromatic heterocycles. The van der Waals surface area contributed by atoms with Gasteiger partial charge in [-0.1, -0.05) is 23.7 Å². The molecule has 0 saturated heterocycles. The van der Waals surface area contributed by atoms with Crippen LogP contribution in [0.25, 0.3) is 0 Å². The van der Waals surface area contributed by atoms with Crippen LogP contribution in [0.2, 0.25) is 5.02 Å². The molecule has 0 unspecified atom stereocenters. The van der Waals surface area contributed by atoms with E-state index in [-0.39, 0.29) is 11.4 Å². The lowest BCUT2D eigenvalue weighted by atomic mass is 10.0. The van der Waals surface area contributed by atoms with E-state index >= 15 is 0 Å². The van der Waals surface area contributed by atoms with Gasteiger partial charge in [0.25, 0.3) is 0 Å². The molecule has 1 aromatic carbocycles. The van der Waals surface area contributed by atoms with Gasteiger partial charge in [-0.25, -0.2) is 0 Å². The third-order valence-corrected chi connectivity index (χ3v) is 3.67. The SMILES string of the molecule is CCOCCCC(=O)NC1(c2ccc(Cl)cc2)CC1. The van der Waals surface area contributed by atoms with E-state index in [0.717, 1.165) is 29.8 Å². The van der Waals surface area contributed by atoms with Crippen molar-refractivity contribution in [3.05, 3.63) is 34.9 Å². The molecule has 1 amide bonds. The maximum Gasteiger partial charge on any atom is 0.220 e. The van der Waals surface area contributed by atoms with E-state index in [2.05, 4.69) is 5.32 Å². The first-order valence-electron chi connectivity index (χ1n) is 6.81. The Bertz CT molecular complexity index is 426. The van der Waals surface area contributed by atoms with E-state index in [0.29, 0.717) is 19.6 Å². The lowest BCUT2D eigenvalue weighted by molar-refractivity contribution is -0.122. The van der Waals surface area contributed by atoms with Crippen LogP contribution in [-0.4, -0.2) is 19.1 Å². The fourth-order valence-electron chi connectivity index (χ4n) is 2.19. The van der Waals surface area contributed by atoms with Crippen LogP contribution < -0.4 is 5.32 Å². The topological polar surface area (TPSA) is 38.3 Å². The van der Waals surface area contributed by atoms with Gasteiger partial charge in [-0.15, -0.1) is 0 Å². The number of benzene rings is 1. The van der Waals surface area contributed by atoms with E-state index in [1.807, 2.05) is 31.2 Å². The summed E-state index contributed by atoms with van der Waals surface area (Å²) in [5, 5.41) is 3.87. The largest absolute Gasteiger partial charge is 0.382 e. The van der Waals surface area contributed by atoms with Crippen LogP contribution in [0.15, 0.2) is 24.3 Å². The highest BCUT2D eigenvalue weighted by Gasteiger charge is 2.45. The molecule has 0 atom stereocenters. The number of amides is 1. The monoisotopic (exact) mass is 281 g/mol. The number of ether oxygens (including phenoxy) is 1. The minimum absolute atomic E-state index is 0.104. The third kappa shape index (κ3) is 3.95. The predicted octanol–water partition coefficient (Wildman–Crippen LogP) is 3.26. The number of hydrogen-bond acceptors (Lipinski definition) is 2. The fourth-order valence-corrected chi connectivity index (χ4v) is 2.31. The number of carbonyl (C=O) groups excluding carboxylic acids is 1. The molecule has 2 rings (SSSR count). The molecule has 0 heterocycles. The zero-order valence-electron chi connectivity index (χ0n) is 11.2. The van der Waals surface area contributed by atoms with Gasteiger partial charge in [-0.05, 0) is 43.9 Å². The van der Waals surface area contributed by atoms with Crippen molar-refractivity contribution < 1.29 is 9.53 Å². The second kappa shape index (κ2) is 6.40. The molecule has 1 aliphatic rings. The summed E-state index contributed by atoms with van der Waals surface area (Å²) in [6.07, 6.45) is 3.31. The summed E-state index contributed by atoms with van der Waals surface area (Å²) in [4.78, 5) is 11.9. The van der Waals surface area contributed by atoms with Crippen molar-refractivity contribution in [2.45, 2.75) is 38.1 Å². The number of hydrogen-bond donors (Lipinski definition) is 1. The molecule has 1 N–H and O–H groups in total. The summed E-state index contributed by atoms with van der Waals surface area (Å²) in [7, 11) is 0. The van der Waals surface area contributed by atoms with Crippen LogP contribution in [0.3, 0.4) is 0 Å². The number of carbonyl (C=O) groups is 1. The zero-order valence-corrected chi connectivity index (χ0v) is 12.0. The first-order valence-corrected chi connectivity index (χ1v) is 7.19. The lowest BCUT2D eigenvalue weighted by Crippen LogP contribution is -2.34. The third-order valence-electron chi connectivity index (χ3n) is 3.42. The van der Waals surface area contributed by atoms with Gasteiger partial charge in [0.1, 0.15) is 0 Å². The first kappa shape index (κ1) is 14.4. The second-order valence-electron chi connectivity index (χ2n) is 4.94. The van der Waals surface area contributed by atoms with Gasteiger partial charge in [-0.3, -0.25) is 4.79 Å². The van der Waals surface area contributed by atoms with E-state index in [4.69, 9.17) is 16.3 Å². The molecule has 0 bridgehead atoms. The molecule has 4 heteroatoms. The van der Waals surface area contributed by atoms with E-state index < -0.39 is 0 Å². The molecule has 1 aliphatic carbocycles. The smallest absolute Gasteiger partial charge is 0.220 e. The molecule has 19 heavy (non-hydrogen) atoms. The van der Waals surface area contributed by atoms with Gasteiger partial charge in [0.05, 0.1) is 5.54 Å². The Hall–Kier alpha value is -1.06. The molecule has 3 nitrogen and oxygen atoms in total. The molecule has 0 spiro atoms. The number of nitrogens with one attached hydrogen (secondary N) is 1. The minimum atomic E-state index is -0.146. The molecule has 0 radical (unpaired) electrons. The van der Waals surface area contributed by atoms with Gasteiger partial charge in [0.15, 0.2) is 0 Å². The second-order valence-corrected chi connectivity index (χ2v) is 5.37. The lowest BCUT2D eigenvalue weighted by Gasteiger charge is -2.18. The normalized spacial score (nSPS) is 16.1. The first-order chi connectivity index (χ1) is 9.16. The van der Waals surface area contributed by atoms with Crippen molar-refractivity contribution in [1.82, 2.24) is 5.32 Å². The Morgan fingerprint density at radius 2 is 2.05 bits per heavy atom. The minimum Gasteiger partial charge on any atom is -0.382 e. The van der Waals surface area contributed by atoms with Gasteiger partial charge in [0.2, 0.25) is 5.91 Å². The average molecular weight is 282 g/mol. The van der Waals surface area contributed by atoms with Gasteiger partial charge in [-0.2, -0.15) is 0 Å². The van der Waals surface area contributed by atoms with Crippen molar-refractivity contribution in [1.29, 1.82) is 0 Å². The Balaban J connectivity index is 1.84. The van der Waals surface area contributed by atoms with Crippen molar-refractivity contribution in [3.63, 3.8) is 0 Å². The average Bonchev–Trinajstić information content (AvgIpc) is 3.16. The molecular formula is C15H20ClNO2. The molecule has 1 saturated carbocycles. The maximum absolute atomic E-state index is 11.9. The highest BCUT2D eigenvalue weighted by molar-refractivity contribution is 6.30. The summed E-state index contributed by atoms with van der Waals surface area (Å²) in [6.45, 7) is 3.31. The standard InChI is InChI=1S/C15H20ClNO2/c1-2-19-11-3-4-14(18)17-15(9-10-15)12-5-7-13(16)8-6-12/h5-8H,2-4,9-11H2,1H3,(H,17,18). The van der Waals surface area contributed by atoms with Crippen LogP contribution in [0, 0.1) is 0 Å². The summed E-state index contributed by atoms with van der Waals surface area (Å²) in [5.41, 5.74) is 1.00. The molecule has 1 fully saturated rings. The molecule has 0 aliphatic heterocycles. The highest BCUT2D eigenvalue weighted by atomic mass is 35.5. The van der Waals surface area contributed by atoms with Crippen LogP contribution in [-0.2, 0) is 15.1 Å². The van der Waals surface area contributed by atoms with Gasteiger partial charge < -0.3 is 10.1 Å². The zero-order chi connectivity index (χ0) is 13.7. The van der Waals surface area contributed by atoms with Gasteiger partial charge >= 0.3 is 0 Å². The maximum atomic E-state index is 11.9. The van der Waals surface area contributed by atoms with Crippen LogP contribution in [0.5, 0.6) is 0 Å². The summed E-state index contributed by atoms with van der Waals surface area (Å²) in [6, 6.07) is 7.74. The Morgan fingerprint density at radius 1 is 1.37 bits per heavy atom. The predicted molar refractivity (Wildman–Crippen MR) is 76.2 cm³/mol. The van der Waals surface area contributed by atoms with Crippen molar-refractivity contribution in [2.24, 2.45) is 0 Å². The van der Waals surface area contributed by atoms with Gasteiger partial charge in [0, 0.05) is 24.7 Å². The van der Waals surface area contributed by atoms with Crippen LogP contribution in [0.1, 0.15) is 38.2 Å². The summed E-state index contributed by atoms with van der Waals surface area (Å²) < 4.78 is 5.23. The number of halogens is 1. The molecular weight excluding hydrogens is 262 g/mol. The highest BCUT2D eigenvalue weighted by Crippen LogP contribution is 2.45. The van der Waals surface area contributed by atoms with Crippen molar-refractivity contribution >= 4 is 17.5 Å². The van der Waals surface area contributed by atoms with Crippen LogP contribution >= 0.6 is 11.6 Å². The Kier molecular flexibility index (Phi) is 4.83. The van der Waals surface area contributed by atoms with Crippen LogP contribution in [0.4, 0.5) is 0 Å². The van der Waals surface area contributed by atoms with E-state index in [1.165, 1.54) is 0 Å². The quantitative estimate of drug-likeness (QED) is 0.779. The van der Waals surface area contributed by atoms with Crippen molar-refractivity contribution in [3.8, 4) is 0 Å². The fraction of sp³-hybridized carbons (Fsp3) is 0.533. The Labute approximate surface area is 119 Å². The Morgan fingerprint density at radius 3 is 2.63 bits per heavy atom. The van der Waals surface area contributed by atoms with Crippen molar-refractivity contribution in [2.75, 3.05) is 13.2 Å². The van der Waals surface area contributed by atoms with E-state index in [9.17, 15) is 4.79 Å². The summed E-state index contributed by atoms with van der Waals surface area (Å²) in [5.74, 6) is 0.104. The number of rotatable bonds is 7. The summed E-state index contributed by atoms with van der Waals surface area (Å²) >= 11 is 5.88.